The highest BCUT2D eigenvalue weighted by Gasteiger charge is 2.36. The van der Waals surface area contributed by atoms with Crippen LogP contribution in [0.5, 0.6) is 0 Å². The third-order valence-corrected chi connectivity index (χ3v) is 7.14. The van der Waals surface area contributed by atoms with Crippen molar-refractivity contribution in [3.05, 3.63) is 48.0 Å². The molecule has 178 valence electrons. The highest BCUT2D eigenvalue weighted by molar-refractivity contribution is 5.93. The van der Waals surface area contributed by atoms with Gasteiger partial charge in [0, 0.05) is 32.5 Å². The van der Waals surface area contributed by atoms with Crippen LogP contribution in [0.25, 0.3) is 0 Å². The summed E-state index contributed by atoms with van der Waals surface area (Å²) in [4.78, 5) is 18.7. The fourth-order valence-electron chi connectivity index (χ4n) is 5.18. The van der Waals surface area contributed by atoms with E-state index in [0.717, 1.165) is 76.1 Å². The van der Waals surface area contributed by atoms with Crippen molar-refractivity contribution in [1.82, 2.24) is 15.5 Å². The maximum Gasteiger partial charge on any atom is 0.246 e. The number of hydrogen-bond donors (Lipinski definition) is 3. The zero-order chi connectivity index (χ0) is 23.0. The number of aliphatic imine (C=N–C) groups is 1. The molecule has 0 radical (unpaired) electrons. The number of nitrogens with one attached hydrogen (secondary N) is 3. The number of likely N-dealkylation sites (tertiary alicyclic amines) is 1. The summed E-state index contributed by atoms with van der Waals surface area (Å²) in [6, 6.07) is 0. The molecule has 1 amide bonds. The SMILES string of the molecule is C/C=C\C(=O)N1CCC(CNC2N=CNC(=N)C2C2CC=C(OC3=CC=CCC3)CC2)CC1. The van der Waals surface area contributed by atoms with Crippen LogP contribution in [0, 0.1) is 23.2 Å². The predicted molar refractivity (Wildman–Crippen MR) is 132 cm³/mol. The van der Waals surface area contributed by atoms with E-state index in [4.69, 9.17) is 10.1 Å². The van der Waals surface area contributed by atoms with Crippen molar-refractivity contribution in [2.75, 3.05) is 19.6 Å². The molecular weight excluding hydrogens is 414 g/mol. The Bertz CT molecular complexity index is 864. The van der Waals surface area contributed by atoms with E-state index < -0.39 is 0 Å². The zero-order valence-electron chi connectivity index (χ0n) is 19.6. The van der Waals surface area contributed by atoms with Gasteiger partial charge in [0.2, 0.25) is 5.91 Å². The second-order valence-corrected chi connectivity index (χ2v) is 9.39. The number of nitrogens with zero attached hydrogens (tertiary/aromatic N) is 2. The number of carbonyl (C=O) groups is 1. The average molecular weight is 452 g/mol. The van der Waals surface area contributed by atoms with E-state index in [9.17, 15) is 4.79 Å². The highest BCUT2D eigenvalue weighted by Crippen LogP contribution is 2.34. The molecule has 1 saturated heterocycles. The maximum absolute atomic E-state index is 12.1. The number of hydrogen-bond acceptors (Lipinski definition) is 5. The van der Waals surface area contributed by atoms with Crippen LogP contribution in [0.15, 0.2) is 53.0 Å². The molecule has 0 spiro atoms. The normalized spacial score (nSPS) is 28.5. The average Bonchev–Trinajstić information content (AvgIpc) is 2.84. The summed E-state index contributed by atoms with van der Waals surface area (Å²) in [6.07, 6.45) is 20.4. The van der Waals surface area contributed by atoms with Gasteiger partial charge in [-0.3, -0.25) is 20.5 Å². The fraction of sp³-hybridized carbons (Fsp3) is 0.577. The van der Waals surface area contributed by atoms with Crippen molar-refractivity contribution >= 4 is 18.1 Å². The smallest absolute Gasteiger partial charge is 0.246 e. The lowest BCUT2D eigenvalue weighted by atomic mass is 9.79. The Morgan fingerprint density at radius 2 is 2.15 bits per heavy atom. The highest BCUT2D eigenvalue weighted by atomic mass is 16.5. The van der Waals surface area contributed by atoms with Crippen LogP contribution in [-0.4, -0.2) is 48.8 Å². The van der Waals surface area contributed by atoms with Gasteiger partial charge in [-0.15, -0.1) is 0 Å². The molecule has 0 saturated carbocycles. The van der Waals surface area contributed by atoms with E-state index in [0.29, 0.717) is 17.7 Å². The molecule has 3 unspecified atom stereocenters. The lowest BCUT2D eigenvalue weighted by molar-refractivity contribution is -0.127. The van der Waals surface area contributed by atoms with Crippen LogP contribution >= 0.6 is 0 Å². The van der Waals surface area contributed by atoms with E-state index in [2.05, 4.69) is 39.9 Å². The first kappa shape index (κ1) is 23.5. The molecule has 0 aromatic rings. The first-order valence-electron chi connectivity index (χ1n) is 12.4. The lowest BCUT2D eigenvalue weighted by Crippen LogP contribution is -2.52. The quantitative estimate of drug-likeness (QED) is 0.513. The monoisotopic (exact) mass is 451 g/mol. The Hall–Kier alpha value is -2.67. The molecule has 7 heteroatoms. The third-order valence-electron chi connectivity index (χ3n) is 7.14. The van der Waals surface area contributed by atoms with Crippen LogP contribution in [0.4, 0.5) is 0 Å². The van der Waals surface area contributed by atoms with Crippen molar-refractivity contribution in [3.8, 4) is 0 Å². The Morgan fingerprint density at radius 1 is 1.30 bits per heavy atom. The Labute approximate surface area is 197 Å². The standard InChI is InChI=1S/C26H37N5O2/c1-2-6-23(32)31-15-13-19(14-16-31)17-28-26-24(25(27)29-18-30-26)20-9-11-22(12-10-20)33-21-7-4-3-5-8-21/h2-4,6-7,11,18-20,24,26,28H,5,8-10,12-17H2,1H3,(H2,27,29,30)/b6-2-. The molecular formula is C26H37N5O2. The number of amidine groups is 1. The van der Waals surface area contributed by atoms with Crippen LogP contribution in [0.2, 0.25) is 0 Å². The first-order valence-corrected chi connectivity index (χ1v) is 12.4. The topological polar surface area (TPSA) is 89.8 Å². The Kier molecular flexibility index (Phi) is 8.15. The molecule has 7 nitrogen and oxygen atoms in total. The van der Waals surface area contributed by atoms with E-state index >= 15 is 0 Å². The van der Waals surface area contributed by atoms with Gasteiger partial charge >= 0.3 is 0 Å². The summed E-state index contributed by atoms with van der Waals surface area (Å²) in [5.41, 5.74) is 0. The van der Waals surface area contributed by atoms with Crippen LogP contribution in [0.1, 0.15) is 51.9 Å². The maximum atomic E-state index is 12.1. The first-order chi connectivity index (χ1) is 16.1. The van der Waals surface area contributed by atoms with E-state index in [-0.39, 0.29) is 18.0 Å². The molecule has 33 heavy (non-hydrogen) atoms. The Morgan fingerprint density at radius 3 is 2.85 bits per heavy atom. The zero-order valence-corrected chi connectivity index (χ0v) is 19.6. The second kappa shape index (κ2) is 11.5. The molecule has 4 rings (SSSR count). The minimum atomic E-state index is -0.0755. The van der Waals surface area contributed by atoms with Gasteiger partial charge in [0.05, 0.1) is 18.0 Å². The van der Waals surface area contributed by atoms with Gasteiger partial charge in [0.25, 0.3) is 0 Å². The van der Waals surface area contributed by atoms with Gasteiger partial charge in [-0.1, -0.05) is 18.2 Å². The molecule has 0 aromatic carbocycles. The van der Waals surface area contributed by atoms with Gasteiger partial charge in [-0.25, -0.2) is 0 Å². The van der Waals surface area contributed by atoms with Gasteiger partial charge in [0.15, 0.2) is 0 Å². The Balaban J connectivity index is 1.29. The second-order valence-electron chi connectivity index (χ2n) is 9.39. The van der Waals surface area contributed by atoms with Crippen LogP contribution in [-0.2, 0) is 9.53 Å². The van der Waals surface area contributed by atoms with Crippen LogP contribution in [0.3, 0.4) is 0 Å². The fourth-order valence-corrected chi connectivity index (χ4v) is 5.18. The summed E-state index contributed by atoms with van der Waals surface area (Å²) < 4.78 is 6.11. The molecule has 0 aromatic heterocycles. The van der Waals surface area contributed by atoms with Gasteiger partial charge in [0.1, 0.15) is 17.8 Å². The van der Waals surface area contributed by atoms with Crippen molar-refractivity contribution < 1.29 is 9.53 Å². The number of ether oxygens (including phenoxy) is 1. The summed E-state index contributed by atoms with van der Waals surface area (Å²) in [7, 11) is 0. The van der Waals surface area contributed by atoms with Gasteiger partial charge in [-0.05, 0) is 69.1 Å². The lowest BCUT2D eigenvalue weighted by Gasteiger charge is -2.37. The summed E-state index contributed by atoms with van der Waals surface area (Å²) in [5.74, 6) is 3.73. The number of piperidine rings is 1. The number of carbonyl (C=O) groups excluding carboxylic acids is 1. The molecule has 2 heterocycles. The summed E-state index contributed by atoms with van der Waals surface area (Å²) in [6.45, 7) is 4.37. The van der Waals surface area contributed by atoms with Gasteiger partial charge in [-0.2, -0.15) is 0 Å². The van der Waals surface area contributed by atoms with E-state index in [1.165, 1.54) is 0 Å². The van der Waals surface area contributed by atoms with Crippen LogP contribution < -0.4 is 10.6 Å². The summed E-state index contributed by atoms with van der Waals surface area (Å²) in [5, 5.41) is 15.2. The van der Waals surface area contributed by atoms with Crippen molar-refractivity contribution in [1.29, 1.82) is 5.41 Å². The molecule has 2 aliphatic heterocycles. The molecule has 4 aliphatic rings. The van der Waals surface area contributed by atoms with Crippen molar-refractivity contribution in [2.24, 2.45) is 22.7 Å². The minimum Gasteiger partial charge on any atom is -0.466 e. The number of rotatable bonds is 7. The molecule has 0 bridgehead atoms. The summed E-state index contributed by atoms with van der Waals surface area (Å²) >= 11 is 0. The van der Waals surface area contributed by atoms with E-state index in [1.807, 2.05) is 11.8 Å². The van der Waals surface area contributed by atoms with E-state index in [1.54, 1.807) is 18.5 Å². The van der Waals surface area contributed by atoms with Crippen molar-refractivity contribution in [3.63, 3.8) is 0 Å². The molecule has 3 atom stereocenters. The van der Waals surface area contributed by atoms with Gasteiger partial charge < -0.3 is 15.0 Å². The predicted octanol–water partition coefficient (Wildman–Crippen LogP) is 3.88. The van der Waals surface area contributed by atoms with Crippen molar-refractivity contribution in [2.45, 2.75) is 58.0 Å². The molecule has 2 aliphatic carbocycles. The third kappa shape index (κ3) is 6.22. The molecule has 3 N–H and O–H groups in total. The number of allylic oxidation sites excluding steroid dienone is 7. The minimum absolute atomic E-state index is 0.0426. The largest absolute Gasteiger partial charge is 0.466 e. The number of amides is 1. The molecule has 1 fully saturated rings.